The summed E-state index contributed by atoms with van der Waals surface area (Å²) in [5.41, 5.74) is 0.555. The van der Waals surface area contributed by atoms with Gasteiger partial charge < -0.3 is 14.9 Å². The topological polar surface area (TPSA) is 39.6 Å². The number of aromatic nitrogens is 1. The van der Waals surface area contributed by atoms with Crippen molar-refractivity contribution >= 4 is 0 Å². The number of nitrogens with zero attached hydrogens (tertiary/aromatic N) is 3. The lowest BCUT2D eigenvalue weighted by atomic mass is 9.96. The minimum absolute atomic E-state index is 0.367. The van der Waals surface area contributed by atoms with Crippen LogP contribution in [-0.2, 0) is 0 Å². The van der Waals surface area contributed by atoms with Gasteiger partial charge in [-0.15, -0.1) is 0 Å². The summed E-state index contributed by atoms with van der Waals surface area (Å²) in [5, 5.41) is 10.1. The summed E-state index contributed by atoms with van der Waals surface area (Å²) < 4.78 is 12.8. The van der Waals surface area contributed by atoms with Gasteiger partial charge in [-0.1, -0.05) is 0 Å². The van der Waals surface area contributed by atoms with Crippen molar-refractivity contribution in [3.63, 3.8) is 0 Å². The third-order valence-corrected chi connectivity index (χ3v) is 4.14. The van der Waals surface area contributed by atoms with Crippen molar-refractivity contribution in [2.75, 3.05) is 40.3 Å². The Hall–Kier alpha value is -1.04. The zero-order valence-electron chi connectivity index (χ0n) is 13.0. The van der Waals surface area contributed by atoms with Gasteiger partial charge in [0.1, 0.15) is 5.82 Å². The Morgan fingerprint density at radius 3 is 2.67 bits per heavy atom. The molecule has 1 fully saturated rings. The number of halogens is 1. The summed E-state index contributed by atoms with van der Waals surface area (Å²) in [5.74, 6) is 0.425. The maximum atomic E-state index is 12.8. The summed E-state index contributed by atoms with van der Waals surface area (Å²) in [7, 11) is 4.25. The molecule has 1 unspecified atom stereocenters. The largest absolute Gasteiger partial charge is 0.387 e. The van der Waals surface area contributed by atoms with Crippen LogP contribution < -0.4 is 0 Å². The molecule has 4 nitrogen and oxygen atoms in total. The third kappa shape index (κ3) is 5.34. The first-order valence-electron chi connectivity index (χ1n) is 7.71. The molecule has 1 aromatic rings. The van der Waals surface area contributed by atoms with Gasteiger partial charge in [0.05, 0.1) is 18.0 Å². The molecule has 1 aliphatic heterocycles. The van der Waals surface area contributed by atoms with E-state index in [0.717, 1.165) is 38.3 Å². The van der Waals surface area contributed by atoms with E-state index in [2.05, 4.69) is 28.9 Å². The lowest BCUT2D eigenvalue weighted by molar-refractivity contribution is 0.115. The second kappa shape index (κ2) is 7.82. The minimum atomic E-state index is -0.606. The van der Waals surface area contributed by atoms with E-state index in [0.29, 0.717) is 12.1 Å². The average Bonchev–Trinajstić information content (AvgIpc) is 2.46. The van der Waals surface area contributed by atoms with Gasteiger partial charge in [-0.25, -0.2) is 4.39 Å². The van der Waals surface area contributed by atoms with Crippen LogP contribution in [0.3, 0.4) is 0 Å². The highest BCUT2D eigenvalue weighted by atomic mass is 19.1. The van der Waals surface area contributed by atoms with Crippen LogP contribution in [0.5, 0.6) is 0 Å². The van der Waals surface area contributed by atoms with Crippen LogP contribution in [0.25, 0.3) is 0 Å². The van der Waals surface area contributed by atoms with E-state index in [-0.39, 0.29) is 5.82 Å². The van der Waals surface area contributed by atoms with Gasteiger partial charge in [-0.3, -0.25) is 4.98 Å². The second-order valence-electron chi connectivity index (χ2n) is 6.25. The Balaban J connectivity index is 1.70. The predicted octanol–water partition coefficient (Wildman–Crippen LogP) is 1.92. The molecule has 1 saturated heterocycles. The van der Waals surface area contributed by atoms with Crippen LogP contribution in [0.4, 0.5) is 4.39 Å². The lowest BCUT2D eigenvalue weighted by Gasteiger charge is -2.33. The van der Waals surface area contributed by atoms with Crippen molar-refractivity contribution in [1.29, 1.82) is 0 Å². The van der Waals surface area contributed by atoms with E-state index < -0.39 is 6.10 Å². The predicted molar refractivity (Wildman–Crippen MR) is 81.5 cm³/mol. The number of piperidine rings is 1. The van der Waals surface area contributed by atoms with Crippen molar-refractivity contribution < 1.29 is 9.50 Å². The van der Waals surface area contributed by atoms with Crippen LogP contribution in [0.2, 0.25) is 0 Å². The average molecular weight is 295 g/mol. The molecule has 0 saturated carbocycles. The second-order valence-corrected chi connectivity index (χ2v) is 6.25. The van der Waals surface area contributed by atoms with Crippen LogP contribution in [0.1, 0.15) is 31.1 Å². The zero-order valence-corrected chi connectivity index (χ0v) is 13.0. The van der Waals surface area contributed by atoms with Gasteiger partial charge in [0.15, 0.2) is 0 Å². The quantitative estimate of drug-likeness (QED) is 0.870. The van der Waals surface area contributed by atoms with Crippen molar-refractivity contribution in [3.8, 4) is 0 Å². The third-order valence-electron chi connectivity index (χ3n) is 4.14. The SMILES string of the molecule is CN(C)CC1CCN(CCC(O)c2ccc(F)cn2)CC1. The first-order valence-corrected chi connectivity index (χ1v) is 7.71. The number of hydrogen-bond acceptors (Lipinski definition) is 4. The van der Waals surface area contributed by atoms with Crippen LogP contribution in [0.15, 0.2) is 18.3 Å². The minimum Gasteiger partial charge on any atom is -0.387 e. The van der Waals surface area contributed by atoms with Gasteiger partial charge in [-0.05, 0) is 64.5 Å². The molecule has 1 aromatic heterocycles. The number of aliphatic hydroxyl groups is 1. The van der Waals surface area contributed by atoms with E-state index in [4.69, 9.17) is 0 Å². The molecule has 5 heteroatoms. The monoisotopic (exact) mass is 295 g/mol. The number of aliphatic hydroxyl groups excluding tert-OH is 1. The highest BCUT2D eigenvalue weighted by Gasteiger charge is 2.20. The molecular weight excluding hydrogens is 269 g/mol. The van der Waals surface area contributed by atoms with Gasteiger partial charge in [0, 0.05) is 13.1 Å². The smallest absolute Gasteiger partial charge is 0.141 e. The van der Waals surface area contributed by atoms with Gasteiger partial charge in [0.25, 0.3) is 0 Å². The molecule has 0 aliphatic carbocycles. The van der Waals surface area contributed by atoms with E-state index in [9.17, 15) is 9.50 Å². The van der Waals surface area contributed by atoms with E-state index >= 15 is 0 Å². The first kappa shape index (κ1) is 16.3. The van der Waals surface area contributed by atoms with E-state index in [1.54, 1.807) is 6.07 Å². The molecule has 1 aliphatic rings. The molecule has 21 heavy (non-hydrogen) atoms. The standard InChI is InChI=1S/C16H26FN3O/c1-19(2)12-13-5-8-20(9-6-13)10-7-16(21)15-4-3-14(17)11-18-15/h3-4,11,13,16,21H,5-10,12H2,1-2H3. The molecule has 1 N–H and O–H groups in total. The van der Waals surface area contributed by atoms with E-state index in [1.807, 2.05) is 0 Å². The molecule has 2 heterocycles. The molecule has 0 aromatic carbocycles. The Labute approximate surface area is 126 Å². The highest BCUT2D eigenvalue weighted by Crippen LogP contribution is 2.20. The maximum absolute atomic E-state index is 12.8. The van der Waals surface area contributed by atoms with Crippen molar-refractivity contribution in [3.05, 3.63) is 29.8 Å². The highest BCUT2D eigenvalue weighted by molar-refractivity contribution is 5.07. The number of likely N-dealkylation sites (tertiary alicyclic amines) is 1. The molecule has 0 spiro atoms. The van der Waals surface area contributed by atoms with Crippen LogP contribution >= 0.6 is 0 Å². The molecule has 0 bridgehead atoms. The van der Waals surface area contributed by atoms with Crippen LogP contribution in [-0.4, -0.2) is 60.2 Å². The molecular formula is C16H26FN3O. The fourth-order valence-electron chi connectivity index (χ4n) is 2.95. The normalized spacial score (nSPS) is 19.1. The fourth-order valence-corrected chi connectivity index (χ4v) is 2.95. The van der Waals surface area contributed by atoms with Gasteiger partial charge >= 0.3 is 0 Å². The Bertz CT molecular complexity index is 416. The first-order chi connectivity index (χ1) is 10.0. The number of hydrogen-bond donors (Lipinski definition) is 1. The Morgan fingerprint density at radius 1 is 1.38 bits per heavy atom. The number of pyridine rings is 1. The van der Waals surface area contributed by atoms with E-state index in [1.165, 1.54) is 18.9 Å². The zero-order chi connectivity index (χ0) is 15.2. The number of rotatable bonds is 6. The van der Waals surface area contributed by atoms with Crippen molar-refractivity contribution in [2.24, 2.45) is 5.92 Å². The summed E-state index contributed by atoms with van der Waals surface area (Å²) in [4.78, 5) is 8.59. The molecule has 1 atom stereocenters. The summed E-state index contributed by atoms with van der Waals surface area (Å²) >= 11 is 0. The molecule has 0 radical (unpaired) electrons. The molecule has 2 rings (SSSR count). The van der Waals surface area contributed by atoms with Crippen molar-refractivity contribution in [2.45, 2.75) is 25.4 Å². The molecule has 118 valence electrons. The summed E-state index contributed by atoms with van der Waals surface area (Å²) in [6, 6.07) is 2.90. The Morgan fingerprint density at radius 2 is 2.10 bits per heavy atom. The van der Waals surface area contributed by atoms with Crippen LogP contribution in [0, 0.1) is 11.7 Å². The maximum Gasteiger partial charge on any atom is 0.141 e. The van der Waals surface area contributed by atoms with Gasteiger partial charge in [0.2, 0.25) is 0 Å². The van der Waals surface area contributed by atoms with Crippen molar-refractivity contribution in [1.82, 2.24) is 14.8 Å². The lowest BCUT2D eigenvalue weighted by Crippen LogP contribution is -2.37. The van der Waals surface area contributed by atoms with Gasteiger partial charge in [-0.2, -0.15) is 0 Å². The summed E-state index contributed by atoms with van der Waals surface area (Å²) in [6.45, 7) is 4.23. The Kier molecular flexibility index (Phi) is 6.08. The molecule has 0 amide bonds. The summed E-state index contributed by atoms with van der Waals surface area (Å²) in [6.07, 6.45) is 3.65. The fraction of sp³-hybridized carbons (Fsp3) is 0.688.